The van der Waals surface area contributed by atoms with Crippen LogP contribution in [0, 0.1) is 6.92 Å². The zero-order valence-corrected chi connectivity index (χ0v) is 16.1. The van der Waals surface area contributed by atoms with Crippen LogP contribution in [0.4, 0.5) is 28.7 Å². The number of aryl methyl sites for hydroxylation is 2. The van der Waals surface area contributed by atoms with Crippen LogP contribution < -0.4 is 15.1 Å². The highest BCUT2D eigenvalue weighted by Gasteiger charge is 2.19. The van der Waals surface area contributed by atoms with E-state index in [0.717, 1.165) is 42.5 Å². The van der Waals surface area contributed by atoms with E-state index in [1.54, 1.807) is 0 Å². The van der Waals surface area contributed by atoms with Crippen molar-refractivity contribution < 1.29 is 0 Å². The average molecular weight is 359 g/mol. The smallest absolute Gasteiger partial charge is 0.138 e. The lowest BCUT2D eigenvalue weighted by Gasteiger charge is -2.30. The molecule has 2 heterocycles. The Hall–Kier alpha value is -3.08. The van der Waals surface area contributed by atoms with Gasteiger partial charge in [0, 0.05) is 43.8 Å². The largest absolute Gasteiger partial charge is 0.378 e. The molecule has 0 radical (unpaired) electrons. The van der Waals surface area contributed by atoms with Crippen molar-refractivity contribution in [3.63, 3.8) is 0 Å². The second-order valence-electron chi connectivity index (χ2n) is 7.11. The molecular weight excluding hydrogens is 334 g/mol. The maximum absolute atomic E-state index is 4.70. The summed E-state index contributed by atoms with van der Waals surface area (Å²) < 4.78 is 0. The molecule has 1 N–H and O–H groups in total. The highest BCUT2D eigenvalue weighted by molar-refractivity contribution is 5.69. The number of benzene rings is 2. The van der Waals surface area contributed by atoms with Crippen molar-refractivity contribution >= 4 is 28.7 Å². The molecule has 2 aromatic carbocycles. The Balaban J connectivity index is 1.63. The van der Waals surface area contributed by atoms with Gasteiger partial charge in [0.25, 0.3) is 0 Å². The first-order chi connectivity index (χ1) is 13.1. The van der Waals surface area contributed by atoms with Crippen LogP contribution in [0.3, 0.4) is 0 Å². The van der Waals surface area contributed by atoms with Gasteiger partial charge in [-0.15, -0.1) is 0 Å². The molecule has 0 amide bonds. The van der Waals surface area contributed by atoms with Crippen molar-refractivity contribution in [1.82, 2.24) is 9.97 Å². The molecule has 0 aliphatic carbocycles. The summed E-state index contributed by atoms with van der Waals surface area (Å²) in [6, 6.07) is 19.0. The molecule has 0 unspecified atom stereocenters. The zero-order valence-electron chi connectivity index (χ0n) is 16.1. The van der Waals surface area contributed by atoms with Crippen LogP contribution in [0.15, 0.2) is 54.6 Å². The summed E-state index contributed by atoms with van der Waals surface area (Å²) in [6.45, 7) is 2.92. The molecule has 27 heavy (non-hydrogen) atoms. The van der Waals surface area contributed by atoms with Gasteiger partial charge < -0.3 is 15.1 Å². The van der Waals surface area contributed by atoms with Gasteiger partial charge >= 0.3 is 0 Å². The van der Waals surface area contributed by atoms with E-state index in [9.17, 15) is 0 Å². The average Bonchev–Trinajstić information content (AvgIpc) is 2.67. The first kappa shape index (κ1) is 17.3. The summed E-state index contributed by atoms with van der Waals surface area (Å²) >= 11 is 0. The fraction of sp³-hybridized carbons (Fsp3) is 0.273. The van der Waals surface area contributed by atoms with Crippen LogP contribution in [-0.4, -0.2) is 30.6 Å². The van der Waals surface area contributed by atoms with E-state index in [-0.39, 0.29) is 0 Å². The molecule has 0 saturated carbocycles. The van der Waals surface area contributed by atoms with Crippen molar-refractivity contribution in [1.29, 1.82) is 0 Å². The Morgan fingerprint density at radius 2 is 1.78 bits per heavy atom. The van der Waals surface area contributed by atoms with Gasteiger partial charge in [0.2, 0.25) is 0 Å². The fourth-order valence-electron chi connectivity index (χ4n) is 3.52. The predicted octanol–water partition coefficient (Wildman–Crippen LogP) is 4.68. The molecule has 138 valence electrons. The molecule has 5 heteroatoms. The predicted molar refractivity (Wildman–Crippen MR) is 113 cm³/mol. The number of anilines is 5. The SMILES string of the molecule is Cc1nc(Nc2ccc(N(C)C)cc2)cc(N2CCCc3ccccc32)n1. The van der Waals surface area contributed by atoms with E-state index >= 15 is 0 Å². The number of aromatic nitrogens is 2. The molecule has 0 bridgehead atoms. The Morgan fingerprint density at radius 1 is 1.00 bits per heavy atom. The van der Waals surface area contributed by atoms with Crippen molar-refractivity contribution in [3.05, 3.63) is 66.0 Å². The molecule has 4 rings (SSSR count). The number of fused-ring (bicyclic) bond motifs is 1. The quantitative estimate of drug-likeness (QED) is 0.733. The zero-order chi connectivity index (χ0) is 18.8. The third kappa shape index (κ3) is 3.72. The molecule has 1 aromatic heterocycles. The Kier molecular flexibility index (Phi) is 4.67. The molecular formula is C22H25N5. The van der Waals surface area contributed by atoms with Gasteiger partial charge in [-0.1, -0.05) is 18.2 Å². The molecule has 5 nitrogen and oxygen atoms in total. The van der Waals surface area contributed by atoms with E-state index in [1.807, 2.05) is 27.1 Å². The number of para-hydroxylation sites is 1. The maximum Gasteiger partial charge on any atom is 0.138 e. The monoisotopic (exact) mass is 359 g/mol. The number of hydrogen-bond acceptors (Lipinski definition) is 5. The fourth-order valence-corrected chi connectivity index (χ4v) is 3.52. The molecule has 3 aromatic rings. The molecule has 1 aliphatic rings. The summed E-state index contributed by atoms with van der Waals surface area (Å²) in [5, 5.41) is 3.42. The standard InChI is InChI=1S/C22H25N5/c1-16-23-21(25-18-10-12-19(13-11-18)26(2)3)15-22(24-16)27-14-6-8-17-7-4-5-9-20(17)27/h4-5,7,9-13,15H,6,8,14H2,1-3H3,(H,23,24,25). The summed E-state index contributed by atoms with van der Waals surface area (Å²) in [5.41, 5.74) is 4.82. The lowest BCUT2D eigenvalue weighted by atomic mass is 10.0. The summed E-state index contributed by atoms with van der Waals surface area (Å²) in [4.78, 5) is 13.7. The first-order valence-corrected chi connectivity index (χ1v) is 9.36. The molecule has 0 spiro atoms. The minimum Gasteiger partial charge on any atom is -0.378 e. The number of nitrogens with one attached hydrogen (secondary N) is 1. The topological polar surface area (TPSA) is 44.3 Å². The normalized spacial score (nSPS) is 13.2. The molecule has 0 atom stereocenters. The van der Waals surface area contributed by atoms with Crippen LogP contribution in [0.1, 0.15) is 17.8 Å². The number of nitrogens with zero attached hydrogens (tertiary/aromatic N) is 4. The number of rotatable bonds is 4. The van der Waals surface area contributed by atoms with Crippen LogP contribution in [0.5, 0.6) is 0 Å². The second-order valence-corrected chi connectivity index (χ2v) is 7.11. The van der Waals surface area contributed by atoms with Gasteiger partial charge in [-0.05, 0) is 55.7 Å². The van der Waals surface area contributed by atoms with Crippen molar-refractivity contribution in [2.24, 2.45) is 0 Å². The highest BCUT2D eigenvalue weighted by atomic mass is 15.2. The van der Waals surface area contributed by atoms with Gasteiger partial charge in [0.05, 0.1) is 0 Å². The Morgan fingerprint density at radius 3 is 2.56 bits per heavy atom. The second kappa shape index (κ2) is 7.27. The third-order valence-corrected chi connectivity index (χ3v) is 4.87. The first-order valence-electron chi connectivity index (χ1n) is 9.36. The van der Waals surface area contributed by atoms with Gasteiger partial charge in [-0.25, -0.2) is 9.97 Å². The van der Waals surface area contributed by atoms with Crippen molar-refractivity contribution in [2.45, 2.75) is 19.8 Å². The van der Waals surface area contributed by atoms with Crippen LogP contribution >= 0.6 is 0 Å². The van der Waals surface area contributed by atoms with Gasteiger partial charge in [0.15, 0.2) is 0 Å². The van der Waals surface area contributed by atoms with Crippen molar-refractivity contribution in [3.8, 4) is 0 Å². The van der Waals surface area contributed by atoms with Gasteiger partial charge in [-0.3, -0.25) is 0 Å². The molecule has 0 saturated heterocycles. The van der Waals surface area contributed by atoms with E-state index in [1.165, 1.54) is 16.9 Å². The summed E-state index contributed by atoms with van der Waals surface area (Å²) in [7, 11) is 4.08. The van der Waals surface area contributed by atoms with Crippen LogP contribution in [-0.2, 0) is 6.42 Å². The van der Waals surface area contributed by atoms with E-state index in [2.05, 4.69) is 68.6 Å². The lowest BCUT2D eigenvalue weighted by Crippen LogP contribution is -2.25. The Labute approximate surface area is 160 Å². The summed E-state index contributed by atoms with van der Waals surface area (Å²) in [5.74, 6) is 2.53. The summed E-state index contributed by atoms with van der Waals surface area (Å²) in [6.07, 6.45) is 2.26. The Bertz CT molecular complexity index is 934. The van der Waals surface area contributed by atoms with E-state index in [0.29, 0.717) is 0 Å². The van der Waals surface area contributed by atoms with Crippen LogP contribution in [0.25, 0.3) is 0 Å². The molecule has 0 fully saturated rings. The van der Waals surface area contributed by atoms with Crippen LogP contribution in [0.2, 0.25) is 0 Å². The third-order valence-electron chi connectivity index (χ3n) is 4.87. The molecule has 1 aliphatic heterocycles. The minimum atomic E-state index is 0.767. The number of hydrogen-bond donors (Lipinski definition) is 1. The minimum absolute atomic E-state index is 0.767. The highest BCUT2D eigenvalue weighted by Crippen LogP contribution is 2.33. The lowest BCUT2D eigenvalue weighted by molar-refractivity contribution is 0.757. The maximum atomic E-state index is 4.70. The van der Waals surface area contributed by atoms with Gasteiger partial charge in [0.1, 0.15) is 17.5 Å². The van der Waals surface area contributed by atoms with E-state index in [4.69, 9.17) is 4.98 Å². The van der Waals surface area contributed by atoms with Gasteiger partial charge in [-0.2, -0.15) is 0 Å². The van der Waals surface area contributed by atoms with E-state index < -0.39 is 0 Å². The van der Waals surface area contributed by atoms with Crippen molar-refractivity contribution in [2.75, 3.05) is 35.8 Å².